The summed E-state index contributed by atoms with van der Waals surface area (Å²) in [6, 6.07) is 6.44. The molecule has 0 radical (unpaired) electrons. The smallest absolute Gasteiger partial charge is 0.159 e. The molecule has 1 aromatic rings. The minimum atomic E-state index is 0.159. The van der Waals surface area contributed by atoms with E-state index in [0.717, 1.165) is 31.7 Å². The summed E-state index contributed by atoms with van der Waals surface area (Å²) in [4.78, 5) is 14.4. The number of hydrogen-bond acceptors (Lipinski definition) is 3. The highest BCUT2D eigenvalue weighted by Gasteiger charge is 2.39. The minimum Gasteiger partial charge on any atom is -0.369 e. The topological polar surface area (TPSA) is 32.3 Å². The highest BCUT2D eigenvalue weighted by atomic mass is 16.1. The predicted octanol–water partition coefficient (Wildman–Crippen LogP) is 4.62. The third-order valence-electron chi connectivity index (χ3n) is 5.89. The Labute approximate surface area is 153 Å². The van der Waals surface area contributed by atoms with Gasteiger partial charge < -0.3 is 10.2 Å². The number of nitrogens with zero attached hydrogens (tertiary/aromatic N) is 1. The van der Waals surface area contributed by atoms with E-state index in [4.69, 9.17) is 0 Å². The Bertz CT molecular complexity index is 625. The van der Waals surface area contributed by atoms with Crippen molar-refractivity contribution >= 4 is 11.5 Å². The Morgan fingerprint density at radius 3 is 2.24 bits per heavy atom. The maximum Gasteiger partial charge on any atom is 0.159 e. The molecule has 1 heterocycles. The van der Waals surface area contributed by atoms with Crippen LogP contribution in [0.4, 0.5) is 5.69 Å². The lowest BCUT2D eigenvalue weighted by molar-refractivity contribution is 0.0967. The zero-order chi connectivity index (χ0) is 18.2. The number of hydrogen-bond donors (Lipinski definition) is 1. The molecule has 3 nitrogen and oxygen atoms in total. The van der Waals surface area contributed by atoms with Crippen molar-refractivity contribution in [2.24, 2.45) is 10.8 Å². The molecule has 0 aromatic heterocycles. The predicted molar refractivity (Wildman–Crippen MR) is 106 cm³/mol. The zero-order valence-corrected chi connectivity index (χ0v) is 16.6. The monoisotopic (exact) mass is 342 g/mol. The number of piperazine rings is 1. The number of nitrogens with one attached hydrogen (secondary N) is 1. The van der Waals surface area contributed by atoms with E-state index >= 15 is 0 Å². The third-order valence-corrected chi connectivity index (χ3v) is 5.89. The number of anilines is 1. The van der Waals surface area contributed by atoms with Crippen molar-refractivity contribution < 1.29 is 4.79 Å². The summed E-state index contributed by atoms with van der Waals surface area (Å²) in [5.41, 5.74) is 4.32. The largest absolute Gasteiger partial charge is 0.369 e. The fraction of sp³-hybridized carbons (Fsp3) is 0.682. The van der Waals surface area contributed by atoms with Crippen LogP contribution in [-0.2, 0) is 0 Å². The summed E-state index contributed by atoms with van der Waals surface area (Å²) in [6.07, 6.45) is 3.74. The van der Waals surface area contributed by atoms with Crippen molar-refractivity contribution in [1.82, 2.24) is 5.32 Å². The fourth-order valence-electron chi connectivity index (χ4n) is 5.35. The van der Waals surface area contributed by atoms with E-state index in [0.29, 0.717) is 16.7 Å². The van der Waals surface area contributed by atoms with Crippen LogP contribution in [0, 0.1) is 10.8 Å². The summed E-state index contributed by atoms with van der Waals surface area (Å²) in [5, 5.41) is 3.44. The molecule has 1 saturated carbocycles. The first kappa shape index (κ1) is 18.4. The maximum atomic E-state index is 11.9. The van der Waals surface area contributed by atoms with Crippen LogP contribution >= 0.6 is 0 Å². The Morgan fingerprint density at radius 1 is 1.08 bits per heavy atom. The number of benzene rings is 1. The van der Waals surface area contributed by atoms with Crippen molar-refractivity contribution in [3.8, 4) is 0 Å². The van der Waals surface area contributed by atoms with Crippen LogP contribution in [0.25, 0.3) is 0 Å². The Balaban J connectivity index is 2.00. The third kappa shape index (κ3) is 4.25. The molecule has 0 amide bonds. The Hall–Kier alpha value is -1.35. The van der Waals surface area contributed by atoms with E-state index in [-0.39, 0.29) is 5.78 Å². The Morgan fingerprint density at radius 2 is 1.68 bits per heavy atom. The lowest BCUT2D eigenvalue weighted by atomic mass is 9.60. The lowest BCUT2D eigenvalue weighted by Gasteiger charge is -2.46. The number of carbonyl (C=O) groups is 1. The highest BCUT2D eigenvalue weighted by Crippen LogP contribution is 2.53. The second kappa shape index (κ2) is 6.75. The molecule has 138 valence electrons. The van der Waals surface area contributed by atoms with Crippen LogP contribution in [0.2, 0.25) is 0 Å². The molecule has 0 unspecified atom stereocenters. The van der Waals surface area contributed by atoms with Gasteiger partial charge in [0.15, 0.2) is 5.78 Å². The summed E-state index contributed by atoms with van der Waals surface area (Å²) >= 11 is 0. The van der Waals surface area contributed by atoms with Gasteiger partial charge in [-0.3, -0.25) is 4.79 Å². The quantitative estimate of drug-likeness (QED) is 0.814. The SMILES string of the molecule is CC(=O)c1ccc(C2CC(C)(C)CC(C)(C)C2)c(N2CCNCC2)c1. The van der Waals surface area contributed by atoms with Gasteiger partial charge in [-0.25, -0.2) is 0 Å². The molecule has 1 saturated heterocycles. The van der Waals surface area contributed by atoms with Crippen molar-refractivity contribution in [3.63, 3.8) is 0 Å². The van der Waals surface area contributed by atoms with Crippen molar-refractivity contribution in [2.75, 3.05) is 31.1 Å². The molecule has 2 fully saturated rings. The number of ketones is 1. The van der Waals surface area contributed by atoms with Gasteiger partial charge in [0.05, 0.1) is 0 Å². The zero-order valence-electron chi connectivity index (χ0n) is 16.6. The maximum absolute atomic E-state index is 11.9. The van der Waals surface area contributed by atoms with Gasteiger partial charge in [-0.05, 0) is 54.6 Å². The van der Waals surface area contributed by atoms with E-state index in [1.54, 1.807) is 6.92 Å². The molecule has 0 atom stereocenters. The van der Waals surface area contributed by atoms with Crippen LogP contribution in [0.3, 0.4) is 0 Å². The standard InChI is InChI=1S/C22H34N2O/c1-16(25)17-6-7-19(20(12-17)24-10-8-23-9-11-24)18-13-21(2,3)15-22(4,5)14-18/h6-7,12,18,23H,8-11,13-15H2,1-5H3. The van der Waals surface area contributed by atoms with Gasteiger partial charge in [0.1, 0.15) is 0 Å². The van der Waals surface area contributed by atoms with Gasteiger partial charge in [0.25, 0.3) is 0 Å². The van der Waals surface area contributed by atoms with E-state index in [9.17, 15) is 4.79 Å². The van der Waals surface area contributed by atoms with E-state index < -0.39 is 0 Å². The first-order valence-corrected chi connectivity index (χ1v) is 9.77. The number of Topliss-reactive ketones (excluding diaryl/α,β-unsaturated/α-hetero) is 1. The van der Waals surface area contributed by atoms with Crippen molar-refractivity contribution in [3.05, 3.63) is 29.3 Å². The first-order chi connectivity index (χ1) is 11.7. The molecule has 3 rings (SSSR count). The van der Waals surface area contributed by atoms with Crippen LogP contribution < -0.4 is 10.2 Å². The van der Waals surface area contributed by atoms with Crippen LogP contribution in [0.15, 0.2) is 18.2 Å². The van der Waals surface area contributed by atoms with E-state index in [1.807, 2.05) is 6.07 Å². The molecule has 3 heteroatoms. The van der Waals surface area contributed by atoms with Gasteiger partial charge in [-0.15, -0.1) is 0 Å². The fourth-order valence-corrected chi connectivity index (χ4v) is 5.35. The number of carbonyl (C=O) groups excluding carboxylic acids is 1. The Kier molecular flexibility index (Phi) is 4.98. The van der Waals surface area contributed by atoms with Gasteiger partial charge in [-0.2, -0.15) is 0 Å². The molecule has 1 aliphatic heterocycles. The summed E-state index contributed by atoms with van der Waals surface area (Å²) in [5.74, 6) is 0.733. The second-order valence-corrected chi connectivity index (χ2v) is 9.68. The van der Waals surface area contributed by atoms with Crippen LogP contribution in [0.1, 0.15) is 75.7 Å². The molecule has 0 spiro atoms. The molecule has 1 aliphatic carbocycles. The molecule has 1 aromatic carbocycles. The minimum absolute atomic E-state index is 0.159. The second-order valence-electron chi connectivity index (χ2n) is 9.68. The van der Waals surface area contributed by atoms with Crippen molar-refractivity contribution in [1.29, 1.82) is 0 Å². The summed E-state index contributed by atoms with van der Waals surface area (Å²) < 4.78 is 0. The molecular weight excluding hydrogens is 308 g/mol. The molecule has 0 bridgehead atoms. The van der Waals surface area contributed by atoms with E-state index in [2.05, 4.69) is 50.0 Å². The molecule has 1 N–H and O–H groups in total. The number of rotatable bonds is 3. The van der Waals surface area contributed by atoms with Crippen LogP contribution in [-0.4, -0.2) is 32.0 Å². The van der Waals surface area contributed by atoms with E-state index in [1.165, 1.54) is 30.5 Å². The van der Waals surface area contributed by atoms with Crippen molar-refractivity contribution in [2.45, 2.75) is 59.8 Å². The average molecular weight is 343 g/mol. The molecule has 2 aliphatic rings. The summed E-state index contributed by atoms with van der Waals surface area (Å²) in [6.45, 7) is 15.4. The van der Waals surface area contributed by atoms with Gasteiger partial charge >= 0.3 is 0 Å². The van der Waals surface area contributed by atoms with Gasteiger partial charge in [0, 0.05) is 37.4 Å². The summed E-state index contributed by atoms with van der Waals surface area (Å²) in [7, 11) is 0. The molecular formula is C22H34N2O. The van der Waals surface area contributed by atoms with Gasteiger partial charge in [-0.1, -0.05) is 39.8 Å². The average Bonchev–Trinajstić information content (AvgIpc) is 2.52. The van der Waals surface area contributed by atoms with Gasteiger partial charge in [0.2, 0.25) is 0 Å². The van der Waals surface area contributed by atoms with Crippen LogP contribution in [0.5, 0.6) is 0 Å². The lowest BCUT2D eigenvalue weighted by Crippen LogP contribution is -2.44. The normalized spacial score (nSPS) is 23.5. The molecule has 25 heavy (non-hydrogen) atoms. The first-order valence-electron chi connectivity index (χ1n) is 9.77. The highest BCUT2D eigenvalue weighted by molar-refractivity contribution is 5.95.